The monoisotopic (exact) mass is 221 g/mol. The summed E-state index contributed by atoms with van der Waals surface area (Å²) in [7, 11) is 1.57. The fourth-order valence-corrected chi connectivity index (χ4v) is 1.53. The van der Waals surface area contributed by atoms with E-state index in [4.69, 9.17) is 9.47 Å². The Hall–Kier alpha value is -1.58. The van der Waals surface area contributed by atoms with Crippen molar-refractivity contribution in [2.45, 2.75) is 25.9 Å². The van der Waals surface area contributed by atoms with E-state index in [1.165, 1.54) is 0 Å². The maximum Gasteiger partial charge on any atom is 0.309 e. The first-order chi connectivity index (χ1) is 7.79. The second-order valence-corrected chi connectivity index (χ2v) is 3.94. The molecule has 0 aromatic carbocycles. The van der Waals surface area contributed by atoms with E-state index in [1.807, 2.05) is 6.07 Å². The van der Waals surface area contributed by atoms with Gasteiger partial charge in [0.15, 0.2) is 0 Å². The Bertz CT molecular complexity index is 357. The summed E-state index contributed by atoms with van der Waals surface area (Å²) in [5.74, 6) is 0.613. The first-order valence-corrected chi connectivity index (χ1v) is 5.45. The molecule has 0 spiro atoms. The number of hydrogen-bond donors (Lipinski definition) is 0. The number of pyridine rings is 1. The molecule has 0 radical (unpaired) electrons. The number of hydrogen-bond acceptors (Lipinski definition) is 4. The molecular formula is C12H15NO3. The lowest BCUT2D eigenvalue weighted by Crippen LogP contribution is -2.23. The lowest BCUT2D eigenvalue weighted by Gasteiger charge is -2.22. The highest BCUT2D eigenvalue weighted by Crippen LogP contribution is 2.27. The molecule has 1 heterocycles. The van der Waals surface area contributed by atoms with Crippen molar-refractivity contribution in [1.82, 2.24) is 4.98 Å². The van der Waals surface area contributed by atoms with Gasteiger partial charge in [-0.2, -0.15) is 0 Å². The lowest BCUT2D eigenvalue weighted by atomic mass is 9.86. The van der Waals surface area contributed by atoms with Gasteiger partial charge >= 0.3 is 5.97 Å². The van der Waals surface area contributed by atoms with Crippen LogP contribution in [0.5, 0.6) is 5.88 Å². The zero-order valence-electron chi connectivity index (χ0n) is 9.31. The van der Waals surface area contributed by atoms with E-state index in [-0.39, 0.29) is 11.9 Å². The van der Waals surface area contributed by atoms with Gasteiger partial charge in [-0.15, -0.1) is 0 Å². The van der Waals surface area contributed by atoms with Crippen molar-refractivity contribution >= 4 is 5.97 Å². The highest BCUT2D eigenvalue weighted by Gasteiger charge is 2.26. The summed E-state index contributed by atoms with van der Waals surface area (Å²) < 4.78 is 10.1. The Morgan fingerprint density at radius 2 is 2.31 bits per heavy atom. The van der Waals surface area contributed by atoms with Gasteiger partial charge in [0.2, 0.25) is 5.88 Å². The minimum absolute atomic E-state index is 0.0814. The number of esters is 1. The molecule has 86 valence electrons. The van der Waals surface area contributed by atoms with E-state index in [0.717, 1.165) is 24.8 Å². The molecule has 1 aromatic rings. The molecule has 1 aliphatic rings. The molecule has 1 fully saturated rings. The smallest absolute Gasteiger partial charge is 0.309 e. The quantitative estimate of drug-likeness (QED) is 0.729. The number of carbonyl (C=O) groups excluding carboxylic acids is 1. The summed E-state index contributed by atoms with van der Waals surface area (Å²) in [6.07, 6.45) is 4.75. The van der Waals surface area contributed by atoms with Crippen LogP contribution in [0.1, 0.15) is 24.8 Å². The summed E-state index contributed by atoms with van der Waals surface area (Å²) in [6, 6.07) is 3.60. The number of methoxy groups -OCH3 is 1. The predicted molar refractivity (Wildman–Crippen MR) is 57.9 cm³/mol. The van der Waals surface area contributed by atoms with Crippen LogP contribution in [0.15, 0.2) is 18.3 Å². The largest absolute Gasteiger partial charge is 0.481 e. The fourth-order valence-electron chi connectivity index (χ4n) is 1.53. The van der Waals surface area contributed by atoms with E-state index >= 15 is 0 Å². The molecule has 0 N–H and O–H groups in total. The molecule has 4 heteroatoms. The van der Waals surface area contributed by atoms with E-state index in [2.05, 4.69) is 4.98 Å². The van der Waals surface area contributed by atoms with E-state index < -0.39 is 0 Å². The van der Waals surface area contributed by atoms with Gasteiger partial charge in [-0.3, -0.25) is 4.79 Å². The third kappa shape index (κ3) is 2.51. The van der Waals surface area contributed by atoms with Crippen molar-refractivity contribution < 1.29 is 14.3 Å². The third-order valence-corrected chi connectivity index (χ3v) is 2.83. The Morgan fingerprint density at radius 1 is 1.50 bits per heavy atom. The van der Waals surface area contributed by atoms with Crippen molar-refractivity contribution in [1.29, 1.82) is 0 Å². The summed E-state index contributed by atoms with van der Waals surface area (Å²) in [6.45, 7) is 0.298. The van der Waals surface area contributed by atoms with Crippen LogP contribution in [0.3, 0.4) is 0 Å². The molecule has 0 atom stereocenters. The maximum atomic E-state index is 11.5. The zero-order valence-corrected chi connectivity index (χ0v) is 9.31. The minimum atomic E-state index is -0.0814. The second kappa shape index (κ2) is 4.96. The summed E-state index contributed by atoms with van der Waals surface area (Å²) in [5, 5.41) is 0. The van der Waals surface area contributed by atoms with Gasteiger partial charge in [0.25, 0.3) is 0 Å². The van der Waals surface area contributed by atoms with Crippen molar-refractivity contribution in [2.75, 3.05) is 7.11 Å². The average Bonchev–Trinajstić information content (AvgIpc) is 2.25. The fraction of sp³-hybridized carbons (Fsp3) is 0.500. The highest BCUT2D eigenvalue weighted by molar-refractivity contribution is 5.73. The molecule has 1 saturated carbocycles. The molecule has 1 aliphatic carbocycles. The molecule has 4 nitrogen and oxygen atoms in total. The molecule has 1 aromatic heterocycles. The van der Waals surface area contributed by atoms with Gasteiger partial charge in [0.1, 0.15) is 6.61 Å². The molecule has 0 bridgehead atoms. The Balaban J connectivity index is 1.81. The third-order valence-electron chi connectivity index (χ3n) is 2.83. The van der Waals surface area contributed by atoms with Gasteiger partial charge < -0.3 is 9.47 Å². The van der Waals surface area contributed by atoms with E-state index in [1.54, 1.807) is 19.4 Å². The highest BCUT2D eigenvalue weighted by atomic mass is 16.5. The molecular weight excluding hydrogens is 206 g/mol. The Labute approximate surface area is 94.6 Å². The Kier molecular flexibility index (Phi) is 3.39. The molecule has 16 heavy (non-hydrogen) atoms. The SMILES string of the molecule is COc1ccc(COC(=O)C2CCC2)cn1. The number of carbonyl (C=O) groups is 1. The summed E-state index contributed by atoms with van der Waals surface area (Å²) >= 11 is 0. The van der Waals surface area contributed by atoms with Gasteiger partial charge in [-0.05, 0) is 18.9 Å². The Morgan fingerprint density at radius 3 is 2.81 bits per heavy atom. The summed E-state index contributed by atoms with van der Waals surface area (Å²) in [4.78, 5) is 15.5. The van der Waals surface area contributed by atoms with Gasteiger partial charge in [-0.25, -0.2) is 4.98 Å². The zero-order chi connectivity index (χ0) is 11.4. The lowest BCUT2D eigenvalue weighted by molar-refractivity contribution is -0.152. The van der Waals surface area contributed by atoms with Crippen LogP contribution >= 0.6 is 0 Å². The van der Waals surface area contributed by atoms with Crippen molar-refractivity contribution in [3.05, 3.63) is 23.9 Å². The van der Waals surface area contributed by atoms with Gasteiger partial charge in [0.05, 0.1) is 13.0 Å². The van der Waals surface area contributed by atoms with E-state index in [9.17, 15) is 4.79 Å². The number of rotatable bonds is 4. The summed E-state index contributed by atoms with van der Waals surface area (Å²) in [5.41, 5.74) is 0.883. The van der Waals surface area contributed by atoms with Crippen molar-refractivity contribution in [2.24, 2.45) is 5.92 Å². The minimum Gasteiger partial charge on any atom is -0.481 e. The standard InChI is InChI=1S/C12H15NO3/c1-15-11-6-5-9(7-13-11)8-16-12(14)10-3-2-4-10/h5-7,10H,2-4,8H2,1H3. The van der Waals surface area contributed by atoms with Crippen LogP contribution in [-0.2, 0) is 16.1 Å². The second-order valence-electron chi connectivity index (χ2n) is 3.94. The van der Waals surface area contributed by atoms with Crippen LogP contribution in [0.2, 0.25) is 0 Å². The van der Waals surface area contributed by atoms with Crippen LogP contribution in [-0.4, -0.2) is 18.1 Å². The van der Waals surface area contributed by atoms with Crippen LogP contribution < -0.4 is 4.74 Å². The van der Waals surface area contributed by atoms with Gasteiger partial charge in [0, 0.05) is 17.8 Å². The number of ether oxygens (including phenoxy) is 2. The number of aromatic nitrogens is 1. The molecule has 2 rings (SSSR count). The molecule has 0 unspecified atom stereocenters. The molecule has 0 aliphatic heterocycles. The normalized spacial score (nSPS) is 15.3. The van der Waals surface area contributed by atoms with E-state index in [0.29, 0.717) is 12.5 Å². The number of nitrogens with zero attached hydrogens (tertiary/aromatic N) is 1. The van der Waals surface area contributed by atoms with Gasteiger partial charge in [-0.1, -0.05) is 6.42 Å². The van der Waals surface area contributed by atoms with Crippen LogP contribution in [0, 0.1) is 5.92 Å². The molecule has 0 saturated heterocycles. The van der Waals surface area contributed by atoms with Crippen LogP contribution in [0.25, 0.3) is 0 Å². The first kappa shape index (κ1) is 10.9. The first-order valence-electron chi connectivity index (χ1n) is 5.45. The predicted octanol–water partition coefficient (Wildman–Crippen LogP) is 1.93. The van der Waals surface area contributed by atoms with Crippen LogP contribution in [0.4, 0.5) is 0 Å². The maximum absolute atomic E-state index is 11.5. The topological polar surface area (TPSA) is 48.4 Å². The molecule has 0 amide bonds. The van der Waals surface area contributed by atoms with Crippen molar-refractivity contribution in [3.63, 3.8) is 0 Å². The average molecular weight is 221 g/mol. The van der Waals surface area contributed by atoms with Crippen molar-refractivity contribution in [3.8, 4) is 5.88 Å².